The Balaban J connectivity index is 1.95. The Kier molecular flexibility index (Phi) is 4.68. The summed E-state index contributed by atoms with van der Waals surface area (Å²) in [6.07, 6.45) is 0. The fraction of sp³-hybridized carbons (Fsp3) is 0.333. The average Bonchev–Trinajstić information content (AvgIpc) is 3.16. The number of nitrogens with zero attached hydrogens (tertiary/aromatic N) is 1. The summed E-state index contributed by atoms with van der Waals surface area (Å²) >= 11 is 3.14. The molecule has 0 aliphatic rings. The number of rotatable bonds is 6. The van der Waals surface area contributed by atoms with Gasteiger partial charge in [-0.05, 0) is 18.4 Å². The van der Waals surface area contributed by atoms with Crippen molar-refractivity contribution in [2.75, 3.05) is 20.3 Å². The molecule has 0 aromatic carbocycles. The monoisotopic (exact) mass is 335 g/mol. The van der Waals surface area contributed by atoms with Crippen LogP contribution in [0, 0.1) is 0 Å². The van der Waals surface area contributed by atoms with E-state index in [4.69, 9.17) is 4.74 Å². The van der Waals surface area contributed by atoms with E-state index in [1.54, 1.807) is 18.4 Å². The van der Waals surface area contributed by atoms with Gasteiger partial charge in [-0.3, -0.25) is 4.79 Å². The average molecular weight is 335 g/mol. The molecule has 3 rings (SSSR count). The second-order valence-electron chi connectivity index (χ2n) is 4.93. The molecule has 7 heteroatoms. The molecule has 3 aromatic rings. The third-order valence-corrected chi connectivity index (χ3v) is 5.19. The molecule has 0 fully saturated rings. The maximum atomic E-state index is 12.5. The van der Waals surface area contributed by atoms with Gasteiger partial charge in [0.15, 0.2) is 0 Å². The molecule has 0 aliphatic carbocycles. The van der Waals surface area contributed by atoms with Gasteiger partial charge in [0.2, 0.25) is 0 Å². The molecule has 1 atom stereocenters. The Hall–Kier alpha value is -1.54. The summed E-state index contributed by atoms with van der Waals surface area (Å²) in [5.74, 6) is 0.660. The van der Waals surface area contributed by atoms with Crippen molar-refractivity contribution in [3.05, 3.63) is 39.1 Å². The number of methoxy groups -OCH3 is 1. The van der Waals surface area contributed by atoms with Crippen molar-refractivity contribution in [2.45, 2.75) is 13.0 Å². The second kappa shape index (κ2) is 6.70. The Morgan fingerprint density at radius 1 is 1.45 bits per heavy atom. The van der Waals surface area contributed by atoms with Gasteiger partial charge in [0.05, 0.1) is 18.0 Å². The van der Waals surface area contributed by atoms with E-state index in [-0.39, 0.29) is 11.6 Å². The normalized spacial score (nSPS) is 12.8. The van der Waals surface area contributed by atoms with Gasteiger partial charge in [-0.2, -0.15) is 0 Å². The Morgan fingerprint density at radius 2 is 2.32 bits per heavy atom. The molecule has 0 amide bonds. The zero-order valence-corrected chi connectivity index (χ0v) is 14.0. The Bertz CT molecular complexity index is 808. The number of H-pyrrole nitrogens is 1. The molecule has 0 saturated heterocycles. The number of hydrogen-bond acceptors (Lipinski definition) is 6. The number of aromatic nitrogens is 2. The number of ether oxygens (including phenoxy) is 1. The highest BCUT2D eigenvalue weighted by Gasteiger charge is 2.15. The van der Waals surface area contributed by atoms with Crippen molar-refractivity contribution in [3.8, 4) is 10.4 Å². The lowest BCUT2D eigenvalue weighted by Crippen LogP contribution is -2.26. The van der Waals surface area contributed by atoms with Crippen LogP contribution < -0.4 is 10.9 Å². The lowest BCUT2D eigenvalue weighted by atomic mass is 10.2. The molecule has 0 bridgehead atoms. The van der Waals surface area contributed by atoms with Crippen LogP contribution in [0.15, 0.2) is 27.7 Å². The molecule has 116 valence electrons. The van der Waals surface area contributed by atoms with Crippen LogP contribution in [0.1, 0.15) is 18.8 Å². The van der Waals surface area contributed by atoms with Crippen molar-refractivity contribution in [3.63, 3.8) is 0 Å². The molecular formula is C15H17N3O2S2. The zero-order chi connectivity index (χ0) is 15.5. The molecule has 0 aliphatic heterocycles. The van der Waals surface area contributed by atoms with Crippen molar-refractivity contribution >= 4 is 32.9 Å². The van der Waals surface area contributed by atoms with E-state index in [1.165, 1.54) is 11.3 Å². The summed E-state index contributed by atoms with van der Waals surface area (Å²) in [5, 5.41) is 7.97. The van der Waals surface area contributed by atoms with E-state index >= 15 is 0 Å². The third kappa shape index (κ3) is 2.98. The van der Waals surface area contributed by atoms with Crippen molar-refractivity contribution < 1.29 is 4.74 Å². The highest BCUT2D eigenvalue weighted by molar-refractivity contribution is 7.18. The van der Waals surface area contributed by atoms with Crippen LogP contribution in [-0.4, -0.2) is 30.2 Å². The quantitative estimate of drug-likeness (QED) is 0.680. The van der Waals surface area contributed by atoms with Gasteiger partial charge >= 0.3 is 0 Å². The minimum atomic E-state index is -0.0787. The minimum Gasteiger partial charge on any atom is -0.383 e. The largest absolute Gasteiger partial charge is 0.383 e. The molecule has 3 aromatic heterocycles. The molecule has 2 N–H and O–H groups in total. The highest BCUT2D eigenvalue weighted by Crippen LogP contribution is 2.33. The van der Waals surface area contributed by atoms with Crippen molar-refractivity contribution in [1.82, 2.24) is 15.3 Å². The highest BCUT2D eigenvalue weighted by atomic mass is 32.1. The van der Waals surface area contributed by atoms with E-state index in [9.17, 15) is 4.79 Å². The smallest absolute Gasteiger partial charge is 0.260 e. The molecule has 22 heavy (non-hydrogen) atoms. The first-order chi connectivity index (χ1) is 10.7. The third-order valence-electron chi connectivity index (χ3n) is 3.42. The van der Waals surface area contributed by atoms with Crippen LogP contribution in [0.3, 0.4) is 0 Å². The summed E-state index contributed by atoms with van der Waals surface area (Å²) in [7, 11) is 1.66. The van der Waals surface area contributed by atoms with Gasteiger partial charge in [0.25, 0.3) is 5.56 Å². The van der Waals surface area contributed by atoms with Gasteiger partial charge in [0, 0.05) is 29.5 Å². The van der Waals surface area contributed by atoms with Gasteiger partial charge in [0.1, 0.15) is 10.7 Å². The predicted octanol–water partition coefficient (Wildman–Crippen LogP) is 3.01. The molecule has 0 spiro atoms. The summed E-state index contributed by atoms with van der Waals surface area (Å²) in [4.78, 5) is 21.9. The first-order valence-electron chi connectivity index (χ1n) is 6.98. The fourth-order valence-electron chi connectivity index (χ4n) is 2.26. The molecule has 0 saturated carbocycles. The van der Waals surface area contributed by atoms with Gasteiger partial charge in [-0.25, -0.2) is 4.98 Å². The maximum absolute atomic E-state index is 12.5. The zero-order valence-electron chi connectivity index (χ0n) is 12.4. The first kappa shape index (κ1) is 15.4. The standard InChI is InChI=1S/C15H17N3O2S2/c1-9(16-5-6-20-2)13-17-14(19)12-10(8-22-15(12)18-13)11-4-3-7-21-11/h3-4,7-9,16H,5-6H2,1-2H3,(H,17,18,19)/t9-/m0/s1. The Labute approximate surface area is 136 Å². The van der Waals surface area contributed by atoms with E-state index in [0.717, 1.165) is 15.3 Å². The van der Waals surface area contributed by atoms with E-state index in [2.05, 4.69) is 15.3 Å². The number of fused-ring (bicyclic) bond motifs is 1. The van der Waals surface area contributed by atoms with E-state index in [1.807, 2.05) is 29.8 Å². The number of hydrogen-bond donors (Lipinski definition) is 2. The van der Waals surface area contributed by atoms with Crippen molar-refractivity contribution in [1.29, 1.82) is 0 Å². The molecule has 0 unspecified atom stereocenters. The number of aromatic amines is 1. The lowest BCUT2D eigenvalue weighted by molar-refractivity contribution is 0.196. The summed E-state index contributed by atoms with van der Waals surface area (Å²) < 4.78 is 5.02. The Morgan fingerprint density at radius 3 is 3.05 bits per heavy atom. The van der Waals surface area contributed by atoms with Crippen LogP contribution in [0.4, 0.5) is 0 Å². The second-order valence-corrected chi connectivity index (χ2v) is 6.73. The maximum Gasteiger partial charge on any atom is 0.260 e. The number of nitrogens with one attached hydrogen (secondary N) is 2. The SMILES string of the molecule is COCCN[C@@H](C)c1nc2scc(-c3cccs3)c2c(=O)[nH]1. The van der Waals surface area contributed by atoms with Crippen LogP contribution in [0.25, 0.3) is 20.7 Å². The molecular weight excluding hydrogens is 318 g/mol. The predicted molar refractivity (Wildman–Crippen MR) is 91.8 cm³/mol. The van der Waals surface area contributed by atoms with Crippen molar-refractivity contribution in [2.24, 2.45) is 0 Å². The van der Waals surface area contributed by atoms with Crippen LogP contribution >= 0.6 is 22.7 Å². The van der Waals surface area contributed by atoms with Gasteiger partial charge < -0.3 is 15.0 Å². The van der Waals surface area contributed by atoms with Crippen LogP contribution in [0.5, 0.6) is 0 Å². The number of thiophene rings is 2. The van der Waals surface area contributed by atoms with E-state index < -0.39 is 0 Å². The fourth-order valence-corrected chi connectivity index (χ4v) is 4.03. The lowest BCUT2D eigenvalue weighted by Gasteiger charge is -2.12. The van der Waals surface area contributed by atoms with Crippen LogP contribution in [0.2, 0.25) is 0 Å². The molecule has 3 heterocycles. The van der Waals surface area contributed by atoms with Gasteiger partial charge in [-0.1, -0.05) is 6.07 Å². The molecule has 0 radical (unpaired) electrons. The topological polar surface area (TPSA) is 67.0 Å². The van der Waals surface area contributed by atoms with E-state index in [0.29, 0.717) is 24.4 Å². The van der Waals surface area contributed by atoms with Crippen LogP contribution in [-0.2, 0) is 4.74 Å². The minimum absolute atomic E-state index is 0.0282. The summed E-state index contributed by atoms with van der Waals surface area (Å²) in [6.45, 7) is 3.32. The summed E-state index contributed by atoms with van der Waals surface area (Å²) in [5.41, 5.74) is 0.889. The first-order valence-corrected chi connectivity index (χ1v) is 8.74. The summed E-state index contributed by atoms with van der Waals surface area (Å²) in [6, 6.07) is 3.98. The van der Waals surface area contributed by atoms with Gasteiger partial charge in [-0.15, -0.1) is 22.7 Å². The molecule has 5 nitrogen and oxygen atoms in total.